The molecule has 0 aliphatic carbocycles. The number of amides is 1. The lowest BCUT2D eigenvalue weighted by atomic mass is 10.1. The summed E-state index contributed by atoms with van der Waals surface area (Å²) in [4.78, 5) is 20.6. The summed E-state index contributed by atoms with van der Waals surface area (Å²) in [6.07, 6.45) is 0. The van der Waals surface area contributed by atoms with Gasteiger partial charge in [0.25, 0.3) is 5.91 Å². The van der Waals surface area contributed by atoms with Crippen LogP contribution >= 0.6 is 12.4 Å². The van der Waals surface area contributed by atoms with Gasteiger partial charge in [-0.05, 0) is 37.6 Å². The molecule has 0 saturated heterocycles. The Hall–Kier alpha value is -1.98. The van der Waals surface area contributed by atoms with Crippen LogP contribution in [0.15, 0.2) is 30.3 Å². The van der Waals surface area contributed by atoms with Gasteiger partial charge in [-0.15, -0.1) is 12.4 Å². The van der Waals surface area contributed by atoms with Crippen LogP contribution in [0.3, 0.4) is 0 Å². The maximum Gasteiger partial charge on any atom is 0.251 e. The topological polar surface area (TPSA) is 80.9 Å². The number of hydrogen-bond acceptors (Lipinski definition) is 4. The maximum absolute atomic E-state index is 12.0. The number of aromatic nitrogens is 2. The molecule has 1 aromatic heterocycles. The van der Waals surface area contributed by atoms with Gasteiger partial charge in [0.15, 0.2) is 0 Å². The van der Waals surface area contributed by atoms with Crippen LogP contribution in [0.4, 0.5) is 0 Å². The van der Waals surface area contributed by atoms with Gasteiger partial charge in [-0.2, -0.15) is 0 Å². The fourth-order valence-corrected chi connectivity index (χ4v) is 1.98. The first kappa shape index (κ1) is 17.1. The van der Waals surface area contributed by atoms with E-state index in [1.165, 1.54) is 0 Å². The van der Waals surface area contributed by atoms with Gasteiger partial charge in [-0.25, -0.2) is 9.97 Å². The van der Waals surface area contributed by atoms with Crippen molar-refractivity contribution in [3.63, 3.8) is 0 Å². The summed E-state index contributed by atoms with van der Waals surface area (Å²) >= 11 is 0. The van der Waals surface area contributed by atoms with Gasteiger partial charge in [-0.3, -0.25) is 4.79 Å². The Labute approximate surface area is 130 Å². The molecule has 0 saturated carbocycles. The van der Waals surface area contributed by atoms with E-state index in [0.717, 1.165) is 17.0 Å². The maximum atomic E-state index is 12.0. The number of halogens is 1. The fraction of sp³-hybridized carbons (Fsp3) is 0.267. The Balaban J connectivity index is 0.00000220. The highest BCUT2D eigenvalue weighted by Gasteiger charge is 2.07. The molecule has 2 rings (SSSR count). The van der Waals surface area contributed by atoms with Crippen molar-refractivity contribution in [1.82, 2.24) is 15.3 Å². The van der Waals surface area contributed by atoms with Crippen molar-refractivity contribution in [2.24, 2.45) is 5.73 Å². The smallest absolute Gasteiger partial charge is 0.251 e. The number of rotatable bonds is 4. The average Bonchev–Trinajstić information content (AvgIpc) is 2.44. The van der Waals surface area contributed by atoms with Crippen LogP contribution in [0, 0.1) is 13.8 Å². The summed E-state index contributed by atoms with van der Waals surface area (Å²) in [6.45, 7) is 4.55. The number of aryl methyl sites for hydroxylation is 2. The zero-order chi connectivity index (χ0) is 14.5. The van der Waals surface area contributed by atoms with Gasteiger partial charge in [0, 0.05) is 23.5 Å². The lowest BCUT2D eigenvalue weighted by molar-refractivity contribution is 0.0949. The Morgan fingerprint density at radius 2 is 1.86 bits per heavy atom. The van der Waals surface area contributed by atoms with Gasteiger partial charge in [0.2, 0.25) is 0 Å². The van der Waals surface area contributed by atoms with Crippen molar-refractivity contribution in [2.45, 2.75) is 26.9 Å². The van der Waals surface area contributed by atoms with Crippen LogP contribution in [-0.4, -0.2) is 15.9 Å². The molecule has 0 aliphatic rings. The van der Waals surface area contributed by atoms with Crippen molar-refractivity contribution in [3.05, 3.63) is 58.7 Å². The second-order valence-electron chi connectivity index (χ2n) is 4.65. The fourth-order valence-electron chi connectivity index (χ4n) is 1.98. The predicted octanol–water partition coefficient (Wildman–Crippen LogP) is 1.90. The molecule has 1 amide bonds. The molecule has 0 fully saturated rings. The van der Waals surface area contributed by atoms with E-state index < -0.39 is 0 Å². The van der Waals surface area contributed by atoms with E-state index >= 15 is 0 Å². The molecule has 3 N–H and O–H groups in total. The first-order valence-corrected chi connectivity index (χ1v) is 6.47. The van der Waals surface area contributed by atoms with Crippen molar-refractivity contribution in [1.29, 1.82) is 0 Å². The molecule has 0 unspecified atom stereocenters. The molecule has 0 atom stereocenters. The normalized spacial score (nSPS) is 9.86. The van der Waals surface area contributed by atoms with Gasteiger partial charge >= 0.3 is 0 Å². The molecule has 1 aromatic carbocycles. The number of carbonyl (C=O) groups excluding carboxylic acids is 1. The van der Waals surface area contributed by atoms with E-state index in [-0.39, 0.29) is 18.3 Å². The van der Waals surface area contributed by atoms with Crippen LogP contribution in [0.1, 0.15) is 33.1 Å². The SMILES string of the molecule is Cc1cc(C)nc(CNC(=O)c2cccc(CN)c2)n1.Cl. The molecule has 0 aliphatic heterocycles. The largest absolute Gasteiger partial charge is 0.345 e. The van der Waals surface area contributed by atoms with Gasteiger partial charge in [-0.1, -0.05) is 12.1 Å². The summed E-state index contributed by atoms with van der Waals surface area (Å²) in [5, 5.41) is 2.82. The van der Waals surface area contributed by atoms with Crippen molar-refractivity contribution >= 4 is 18.3 Å². The Morgan fingerprint density at radius 1 is 1.19 bits per heavy atom. The first-order valence-electron chi connectivity index (χ1n) is 6.47. The molecule has 112 valence electrons. The Morgan fingerprint density at radius 3 is 2.48 bits per heavy atom. The highest BCUT2D eigenvalue weighted by molar-refractivity contribution is 5.94. The first-order chi connectivity index (χ1) is 9.58. The summed E-state index contributed by atoms with van der Waals surface area (Å²) in [5.74, 6) is 0.467. The number of benzene rings is 1. The second-order valence-corrected chi connectivity index (χ2v) is 4.65. The third kappa shape index (κ3) is 4.81. The van der Waals surface area contributed by atoms with E-state index in [1.807, 2.05) is 32.0 Å². The molecular formula is C15H19ClN4O. The molecule has 0 radical (unpaired) electrons. The number of nitrogens with two attached hydrogens (primary N) is 1. The van der Waals surface area contributed by atoms with Crippen LogP contribution < -0.4 is 11.1 Å². The molecule has 21 heavy (non-hydrogen) atoms. The number of nitrogens with zero attached hydrogens (tertiary/aromatic N) is 2. The molecular weight excluding hydrogens is 288 g/mol. The summed E-state index contributed by atoms with van der Waals surface area (Å²) < 4.78 is 0. The van der Waals surface area contributed by atoms with Crippen molar-refractivity contribution in [3.8, 4) is 0 Å². The molecule has 6 heteroatoms. The minimum absolute atomic E-state index is 0. The zero-order valence-electron chi connectivity index (χ0n) is 12.1. The summed E-state index contributed by atoms with van der Waals surface area (Å²) in [6, 6.07) is 9.17. The zero-order valence-corrected chi connectivity index (χ0v) is 12.9. The number of carbonyl (C=O) groups is 1. The van der Waals surface area contributed by atoms with E-state index in [9.17, 15) is 4.79 Å². The average molecular weight is 307 g/mol. The van der Waals surface area contributed by atoms with E-state index in [4.69, 9.17) is 5.73 Å². The van der Waals surface area contributed by atoms with Crippen LogP contribution in [-0.2, 0) is 13.1 Å². The minimum atomic E-state index is -0.150. The van der Waals surface area contributed by atoms with Crippen LogP contribution in [0.25, 0.3) is 0 Å². The third-order valence-corrected chi connectivity index (χ3v) is 2.86. The van der Waals surface area contributed by atoms with Gasteiger partial charge in [0.1, 0.15) is 5.82 Å². The molecule has 0 spiro atoms. The van der Waals surface area contributed by atoms with Gasteiger partial charge in [0.05, 0.1) is 6.54 Å². The third-order valence-electron chi connectivity index (χ3n) is 2.86. The molecule has 2 aromatic rings. The second kappa shape index (κ2) is 7.71. The quantitative estimate of drug-likeness (QED) is 0.904. The lowest BCUT2D eigenvalue weighted by Gasteiger charge is -2.07. The lowest BCUT2D eigenvalue weighted by Crippen LogP contribution is -2.24. The number of hydrogen-bond donors (Lipinski definition) is 2. The highest BCUT2D eigenvalue weighted by atomic mass is 35.5. The Kier molecular flexibility index (Phi) is 6.27. The Bertz CT molecular complexity index is 611. The molecule has 1 heterocycles. The monoisotopic (exact) mass is 306 g/mol. The van der Waals surface area contributed by atoms with E-state index in [1.54, 1.807) is 12.1 Å². The van der Waals surface area contributed by atoms with Gasteiger partial charge < -0.3 is 11.1 Å². The van der Waals surface area contributed by atoms with Crippen LogP contribution in [0.5, 0.6) is 0 Å². The van der Waals surface area contributed by atoms with Crippen molar-refractivity contribution in [2.75, 3.05) is 0 Å². The van der Waals surface area contributed by atoms with Crippen LogP contribution in [0.2, 0.25) is 0 Å². The van der Waals surface area contributed by atoms with E-state index in [0.29, 0.717) is 24.5 Å². The molecule has 0 bridgehead atoms. The standard InChI is InChI=1S/C15H18N4O.ClH/c1-10-6-11(2)19-14(18-10)9-17-15(20)13-5-3-4-12(7-13)8-16;/h3-7H,8-9,16H2,1-2H3,(H,17,20);1H. The minimum Gasteiger partial charge on any atom is -0.345 e. The summed E-state index contributed by atoms with van der Waals surface area (Å²) in [7, 11) is 0. The summed E-state index contributed by atoms with van der Waals surface area (Å²) in [5.41, 5.74) is 8.88. The molecule has 5 nitrogen and oxygen atoms in total. The number of nitrogens with one attached hydrogen (secondary N) is 1. The predicted molar refractivity (Wildman–Crippen MR) is 84.3 cm³/mol. The van der Waals surface area contributed by atoms with E-state index in [2.05, 4.69) is 15.3 Å². The highest BCUT2D eigenvalue weighted by Crippen LogP contribution is 2.05. The van der Waals surface area contributed by atoms with Crippen molar-refractivity contribution < 1.29 is 4.79 Å².